The van der Waals surface area contributed by atoms with Crippen LogP contribution in [-0.4, -0.2) is 44.2 Å². The van der Waals surface area contributed by atoms with E-state index in [-0.39, 0.29) is 10.6 Å². The third-order valence-electron chi connectivity index (χ3n) is 5.82. The number of carbonyl (C=O) groups is 1. The van der Waals surface area contributed by atoms with E-state index in [9.17, 15) is 13.2 Å². The second-order valence-electron chi connectivity index (χ2n) is 8.17. The molecule has 0 fully saturated rings. The minimum Gasteiger partial charge on any atom is -0.482 e. The van der Waals surface area contributed by atoms with Crippen LogP contribution in [-0.2, 0) is 14.8 Å². The van der Waals surface area contributed by atoms with Crippen LogP contribution < -0.4 is 9.64 Å². The number of aromatic nitrogens is 1. The monoisotopic (exact) mass is 474 g/mol. The Morgan fingerprint density at radius 1 is 0.853 bits per heavy atom. The number of carboxylic acids is 1. The lowest BCUT2D eigenvalue weighted by molar-refractivity contribution is -0.139. The Bertz CT molecular complexity index is 1690. The van der Waals surface area contributed by atoms with Gasteiger partial charge in [0.05, 0.1) is 15.9 Å². The Hall–Kier alpha value is -4.04. The van der Waals surface area contributed by atoms with E-state index in [1.807, 2.05) is 55.4 Å². The number of fused-ring (bicyclic) bond motifs is 4. The second-order valence-corrected chi connectivity index (χ2v) is 9.93. The molecule has 4 aromatic carbocycles. The van der Waals surface area contributed by atoms with Crippen molar-refractivity contribution in [2.45, 2.75) is 4.90 Å². The van der Waals surface area contributed by atoms with Crippen LogP contribution in [0.25, 0.3) is 32.6 Å². The highest BCUT2D eigenvalue weighted by atomic mass is 32.2. The molecule has 0 saturated carbocycles. The summed E-state index contributed by atoms with van der Waals surface area (Å²) in [7, 11) is -0.203. The van der Waals surface area contributed by atoms with Gasteiger partial charge in [0.25, 0.3) is 10.0 Å². The zero-order valence-corrected chi connectivity index (χ0v) is 19.4. The molecule has 0 aliphatic heterocycles. The van der Waals surface area contributed by atoms with Gasteiger partial charge >= 0.3 is 5.97 Å². The summed E-state index contributed by atoms with van der Waals surface area (Å²) in [5.74, 6) is -0.831. The fourth-order valence-electron chi connectivity index (χ4n) is 4.39. The lowest BCUT2D eigenvalue weighted by atomic mass is 10.1. The molecule has 0 spiro atoms. The molecule has 8 heteroatoms. The van der Waals surface area contributed by atoms with Crippen molar-refractivity contribution in [1.29, 1.82) is 0 Å². The fraction of sp³-hybridized carbons (Fsp3) is 0.115. The van der Waals surface area contributed by atoms with Crippen LogP contribution in [0, 0.1) is 0 Å². The van der Waals surface area contributed by atoms with E-state index in [0.29, 0.717) is 16.4 Å². The average Bonchev–Trinajstić information content (AvgIpc) is 3.16. The molecule has 0 aliphatic carbocycles. The van der Waals surface area contributed by atoms with Crippen LogP contribution in [0.5, 0.6) is 5.75 Å². The molecule has 1 heterocycles. The first-order valence-electron chi connectivity index (χ1n) is 10.6. The highest BCUT2D eigenvalue weighted by molar-refractivity contribution is 7.90. The van der Waals surface area contributed by atoms with Gasteiger partial charge in [0.2, 0.25) is 0 Å². The van der Waals surface area contributed by atoms with Crippen molar-refractivity contribution in [1.82, 2.24) is 3.97 Å². The molecule has 5 aromatic rings. The number of hydrogen-bond donors (Lipinski definition) is 1. The van der Waals surface area contributed by atoms with Gasteiger partial charge in [0.1, 0.15) is 5.75 Å². The van der Waals surface area contributed by atoms with Crippen LogP contribution >= 0.6 is 0 Å². The van der Waals surface area contributed by atoms with E-state index >= 15 is 0 Å². The van der Waals surface area contributed by atoms with E-state index in [0.717, 1.165) is 21.8 Å². The zero-order chi connectivity index (χ0) is 24.0. The number of carboxylic acid groups (broad SMARTS) is 1. The molecule has 0 amide bonds. The highest BCUT2D eigenvalue weighted by Crippen LogP contribution is 2.37. The van der Waals surface area contributed by atoms with Gasteiger partial charge in [-0.25, -0.2) is 17.2 Å². The third kappa shape index (κ3) is 3.43. The molecule has 5 rings (SSSR count). The van der Waals surface area contributed by atoms with Gasteiger partial charge in [-0.1, -0.05) is 42.5 Å². The summed E-state index contributed by atoms with van der Waals surface area (Å²) >= 11 is 0. The van der Waals surface area contributed by atoms with Crippen LogP contribution in [0.15, 0.2) is 83.8 Å². The quantitative estimate of drug-likeness (QED) is 0.383. The summed E-state index contributed by atoms with van der Waals surface area (Å²) in [4.78, 5) is 13.1. The predicted molar refractivity (Wildman–Crippen MR) is 133 cm³/mol. The number of para-hydroxylation sites is 1. The topological polar surface area (TPSA) is 88.8 Å². The number of aliphatic carboxylic acids is 1. The van der Waals surface area contributed by atoms with E-state index in [1.165, 1.54) is 3.97 Å². The Morgan fingerprint density at radius 2 is 1.53 bits per heavy atom. The number of anilines is 1. The summed E-state index contributed by atoms with van der Waals surface area (Å²) in [5.41, 5.74) is 1.87. The van der Waals surface area contributed by atoms with Crippen molar-refractivity contribution in [2.24, 2.45) is 0 Å². The summed E-state index contributed by atoms with van der Waals surface area (Å²) in [6.45, 7) is -0.519. The van der Waals surface area contributed by atoms with Gasteiger partial charge in [-0.15, -0.1) is 0 Å². The average molecular weight is 475 g/mol. The molecule has 0 saturated heterocycles. The van der Waals surface area contributed by atoms with Crippen molar-refractivity contribution in [3.05, 3.63) is 78.9 Å². The lowest BCUT2D eigenvalue weighted by Crippen LogP contribution is -2.14. The summed E-state index contributed by atoms with van der Waals surface area (Å²) < 4.78 is 35.1. The number of benzene rings is 4. The van der Waals surface area contributed by atoms with Gasteiger partial charge in [0.15, 0.2) is 6.61 Å². The normalized spacial score (nSPS) is 11.8. The molecule has 1 aromatic heterocycles. The molecular weight excluding hydrogens is 452 g/mol. The molecule has 172 valence electrons. The number of ether oxygens (including phenoxy) is 1. The number of hydrogen-bond acceptors (Lipinski definition) is 5. The van der Waals surface area contributed by atoms with E-state index in [1.54, 1.807) is 42.5 Å². The van der Waals surface area contributed by atoms with Crippen LogP contribution in [0.1, 0.15) is 0 Å². The fourth-order valence-corrected chi connectivity index (χ4v) is 6.12. The molecule has 0 atom stereocenters. The van der Waals surface area contributed by atoms with Crippen molar-refractivity contribution in [3.8, 4) is 5.75 Å². The van der Waals surface area contributed by atoms with Crippen LogP contribution in [0.3, 0.4) is 0 Å². The Labute approximate surface area is 196 Å². The van der Waals surface area contributed by atoms with Gasteiger partial charge < -0.3 is 14.7 Å². The van der Waals surface area contributed by atoms with E-state index in [4.69, 9.17) is 9.84 Å². The number of rotatable bonds is 6. The predicted octanol–water partition coefficient (Wildman–Crippen LogP) is 4.71. The largest absolute Gasteiger partial charge is 0.482 e. The van der Waals surface area contributed by atoms with Gasteiger partial charge in [-0.2, -0.15) is 0 Å². The van der Waals surface area contributed by atoms with E-state index < -0.39 is 22.6 Å². The summed E-state index contributed by atoms with van der Waals surface area (Å²) in [5, 5.41) is 11.9. The smallest absolute Gasteiger partial charge is 0.341 e. The maximum absolute atomic E-state index is 14.2. The molecule has 34 heavy (non-hydrogen) atoms. The zero-order valence-electron chi connectivity index (χ0n) is 18.6. The highest BCUT2D eigenvalue weighted by Gasteiger charge is 2.26. The first-order valence-corrected chi connectivity index (χ1v) is 12.1. The van der Waals surface area contributed by atoms with E-state index in [2.05, 4.69) is 0 Å². The molecule has 0 bridgehead atoms. The van der Waals surface area contributed by atoms with Crippen molar-refractivity contribution in [3.63, 3.8) is 0 Å². The van der Waals surface area contributed by atoms with Crippen LogP contribution in [0.4, 0.5) is 5.69 Å². The number of nitrogens with zero attached hydrogens (tertiary/aromatic N) is 2. The molecule has 0 unspecified atom stereocenters. The molecule has 7 nitrogen and oxygen atoms in total. The molecular formula is C26H22N2O5S. The summed E-state index contributed by atoms with van der Waals surface area (Å²) in [6, 6.07) is 23.1. The molecule has 0 aliphatic rings. The van der Waals surface area contributed by atoms with Crippen molar-refractivity contribution < 1.29 is 23.1 Å². The summed E-state index contributed by atoms with van der Waals surface area (Å²) in [6.07, 6.45) is 0. The minimum absolute atomic E-state index is 0.188. The first kappa shape index (κ1) is 21.8. The van der Waals surface area contributed by atoms with Crippen molar-refractivity contribution >= 4 is 54.3 Å². The van der Waals surface area contributed by atoms with Gasteiger partial charge in [-0.3, -0.25) is 0 Å². The standard InChI is InChI=1S/C26H22N2O5S/c1-27(2)22-11-5-9-21-19(22)8-6-12-25(21)34(31,32)28-23-10-4-3-7-18(23)20-14-13-17(15-24(20)28)33-16-26(29)30/h3-15H,16H2,1-2H3,(H,29,30). The van der Waals surface area contributed by atoms with Gasteiger partial charge in [0, 0.05) is 47.4 Å². The molecule has 0 radical (unpaired) electrons. The molecule has 1 N–H and O–H groups in total. The first-order chi connectivity index (χ1) is 16.3. The maximum Gasteiger partial charge on any atom is 0.341 e. The second kappa shape index (κ2) is 8.07. The maximum atomic E-state index is 14.2. The SMILES string of the molecule is CN(C)c1cccc2c(S(=O)(=O)n3c4ccccc4c4ccc(OCC(=O)O)cc43)cccc12. The Kier molecular flexibility index (Phi) is 5.17. The Balaban J connectivity index is 1.82. The Morgan fingerprint density at radius 3 is 2.29 bits per heavy atom. The third-order valence-corrected chi connectivity index (χ3v) is 7.61. The van der Waals surface area contributed by atoms with Gasteiger partial charge in [-0.05, 0) is 30.3 Å². The minimum atomic E-state index is -4.04. The van der Waals surface area contributed by atoms with Crippen molar-refractivity contribution in [2.75, 3.05) is 25.6 Å². The van der Waals surface area contributed by atoms with Crippen LogP contribution in [0.2, 0.25) is 0 Å². The lowest BCUT2D eigenvalue weighted by Gasteiger charge is -2.17.